The van der Waals surface area contributed by atoms with Crippen molar-refractivity contribution in [3.63, 3.8) is 0 Å². The topological polar surface area (TPSA) is 70.5 Å². The number of carbonyl (C=O) groups is 2. The molecule has 0 radical (unpaired) electrons. The highest BCUT2D eigenvalue weighted by Crippen LogP contribution is 2.40. The maximum atomic E-state index is 12.8. The lowest BCUT2D eigenvalue weighted by molar-refractivity contribution is -0.141. The number of fused-ring (bicyclic) bond motifs is 1. The highest BCUT2D eigenvalue weighted by atomic mass is 35.5. The quantitative estimate of drug-likeness (QED) is 0.853. The smallest absolute Gasteiger partial charge is 0.326 e. The molecule has 2 fully saturated rings. The Labute approximate surface area is 127 Å². The molecule has 21 heavy (non-hydrogen) atoms. The van der Waals surface area contributed by atoms with E-state index in [4.69, 9.17) is 11.6 Å². The van der Waals surface area contributed by atoms with Gasteiger partial charge in [0.15, 0.2) is 0 Å². The van der Waals surface area contributed by atoms with Crippen molar-refractivity contribution in [3.05, 3.63) is 29.0 Å². The van der Waals surface area contributed by atoms with Crippen molar-refractivity contribution in [3.8, 4) is 0 Å². The van der Waals surface area contributed by atoms with Gasteiger partial charge in [0.05, 0.1) is 5.56 Å². The van der Waals surface area contributed by atoms with Gasteiger partial charge in [-0.05, 0) is 37.3 Å². The summed E-state index contributed by atoms with van der Waals surface area (Å²) in [5.74, 6) is -0.952. The monoisotopic (exact) mass is 308 g/mol. The summed E-state index contributed by atoms with van der Waals surface area (Å²) in [4.78, 5) is 29.8. The highest BCUT2D eigenvalue weighted by Gasteiger charge is 2.47. The van der Waals surface area contributed by atoms with Gasteiger partial charge in [-0.15, -0.1) is 0 Å². The van der Waals surface area contributed by atoms with Crippen LogP contribution >= 0.6 is 11.6 Å². The van der Waals surface area contributed by atoms with E-state index in [0.29, 0.717) is 12.3 Å². The fraction of sp³-hybridized carbons (Fsp3) is 0.533. The Morgan fingerprint density at radius 3 is 2.81 bits per heavy atom. The molecule has 1 aliphatic heterocycles. The van der Waals surface area contributed by atoms with Crippen LogP contribution in [0.1, 0.15) is 42.5 Å². The lowest BCUT2D eigenvalue weighted by Crippen LogP contribution is -2.46. The number of aliphatic carboxylic acids is 1. The van der Waals surface area contributed by atoms with Crippen LogP contribution in [0.3, 0.4) is 0 Å². The van der Waals surface area contributed by atoms with Gasteiger partial charge in [0.25, 0.3) is 5.91 Å². The molecular formula is C15H17ClN2O3. The van der Waals surface area contributed by atoms with Crippen LogP contribution < -0.4 is 0 Å². The van der Waals surface area contributed by atoms with E-state index in [1.807, 2.05) is 0 Å². The molecule has 1 aromatic rings. The number of hydrogen-bond donors (Lipinski definition) is 1. The molecule has 0 aromatic carbocycles. The van der Waals surface area contributed by atoms with Crippen LogP contribution in [0.5, 0.6) is 0 Å². The van der Waals surface area contributed by atoms with E-state index in [-0.39, 0.29) is 22.7 Å². The zero-order chi connectivity index (χ0) is 15.0. The molecule has 1 saturated carbocycles. The molecule has 2 heterocycles. The van der Waals surface area contributed by atoms with Crippen molar-refractivity contribution in [2.45, 2.75) is 44.2 Å². The standard InChI is InChI=1S/C15H17ClN2O3/c16-13-10(5-3-7-17-13)14(19)18-11-6-2-1-4-9(11)8-12(18)15(20)21/h3,5,7,9,11-12H,1-2,4,6,8H2,(H,20,21). The largest absolute Gasteiger partial charge is 0.480 e. The number of carbonyl (C=O) groups excluding carboxylic acids is 1. The predicted molar refractivity (Wildman–Crippen MR) is 77.2 cm³/mol. The zero-order valence-electron chi connectivity index (χ0n) is 11.5. The van der Waals surface area contributed by atoms with Crippen molar-refractivity contribution >= 4 is 23.5 Å². The summed E-state index contributed by atoms with van der Waals surface area (Å²) < 4.78 is 0. The molecule has 3 unspecified atom stereocenters. The first kappa shape index (κ1) is 14.3. The fourth-order valence-electron chi connectivity index (χ4n) is 3.66. The van der Waals surface area contributed by atoms with E-state index in [1.54, 1.807) is 12.1 Å². The summed E-state index contributed by atoms with van der Waals surface area (Å²) in [6.07, 6.45) is 6.09. The average Bonchev–Trinajstić information content (AvgIpc) is 2.86. The molecule has 0 spiro atoms. The maximum absolute atomic E-state index is 12.8. The number of pyridine rings is 1. The van der Waals surface area contributed by atoms with Gasteiger partial charge in [0, 0.05) is 12.2 Å². The van der Waals surface area contributed by atoms with Gasteiger partial charge in [-0.25, -0.2) is 9.78 Å². The highest BCUT2D eigenvalue weighted by molar-refractivity contribution is 6.32. The minimum absolute atomic E-state index is 0.0172. The lowest BCUT2D eigenvalue weighted by Gasteiger charge is -2.33. The zero-order valence-corrected chi connectivity index (χ0v) is 12.3. The molecule has 0 bridgehead atoms. The minimum Gasteiger partial charge on any atom is -0.480 e. The number of nitrogens with zero attached hydrogens (tertiary/aromatic N) is 2. The van der Waals surface area contributed by atoms with Crippen LogP contribution in [0.4, 0.5) is 0 Å². The second-order valence-electron chi connectivity index (χ2n) is 5.76. The Morgan fingerprint density at radius 2 is 2.10 bits per heavy atom. The number of likely N-dealkylation sites (tertiary alicyclic amines) is 1. The van der Waals surface area contributed by atoms with Gasteiger partial charge in [-0.1, -0.05) is 24.4 Å². The summed E-state index contributed by atoms with van der Waals surface area (Å²) >= 11 is 5.99. The van der Waals surface area contributed by atoms with Crippen LogP contribution in [-0.2, 0) is 4.79 Å². The number of carboxylic acids is 1. The first-order valence-electron chi connectivity index (χ1n) is 7.25. The number of amides is 1. The van der Waals surface area contributed by atoms with Crippen molar-refractivity contribution < 1.29 is 14.7 Å². The van der Waals surface area contributed by atoms with E-state index >= 15 is 0 Å². The first-order chi connectivity index (χ1) is 10.1. The molecular weight excluding hydrogens is 292 g/mol. The molecule has 1 aromatic heterocycles. The van der Waals surface area contributed by atoms with Gasteiger partial charge in [-0.2, -0.15) is 0 Å². The first-order valence-corrected chi connectivity index (χ1v) is 7.63. The Bertz CT molecular complexity index is 578. The van der Waals surface area contributed by atoms with Crippen molar-refractivity contribution in [2.75, 3.05) is 0 Å². The number of halogens is 1. The molecule has 3 rings (SSSR count). The SMILES string of the molecule is O=C(O)C1CC2CCCCC2N1C(=O)c1cccnc1Cl. The molecule has 1 aliphatic carbocycles. The summed E-state index contributed by atoms with van der Waals surface area (Å²) in [5, 5.41) is 9.58. The number of aromatic nitrogens is 1. The normalized spacial score (nSPS) is 28.2. The summed E-state index contributed by atoms with van der Waals surface area (Å²) in [6, 6.07) is 2.52. The average molecular weight is 309 g/mol. The molecule has 5 nitrogen and oxygen atoms in total. The molecule has 112 valence electrons. The van der Waals surface area contributed by atoms with Crippen molar-refractivity contribution in [2.24, 2.45) is 5.92 Å². The Hall–Kier alpha value is -1.62. The van der Waals surface area contributed by atoms with E-state index in [0.717, 1.165) is 25.7 Å². The third-order valence-electron chi connectivity index (χ3n) is 4.60. The van der Waals surface area contributed by atoms with Crippen molar-refractivity contribution in [1.82, 2.24) is 9.88 Å². The van der Waals surface area contributed by atoms with Gasteiger partial charge >= 0.3 is 5.97 Å². The number of hydrogen-bond acceptors (Lipinski definition) is 3. The van der Waals surface area contributed by atoms with E-state index in [9.17, 15) is 14.7 Å². The van der Waals surface area contributed by atoms with Crippen LogP contribution in [0, 0.1) is 5.92 Å². The van der Waals surface area contributed by atoms with Crippen LogP contribution in [0.15, 0.2) is 18.3 Å². The Morgan fingerprint density at radius 1 is 1.33 bits per heavy atom. The molecule has 3 atom stereocenters. The molecule has 2 aliphatic rings. The van der Waals surface area contributed by atoms with Crippen LogP contribution in [-0.4, -0.2) is 39.0 Å². The third kappa shape index (κ3) is 2.50. The summed E-state index contributed by atoms with van der Waals surface area (Å²) in [7, 11) is 0. The Kier molecular flexibility index (Phi) is 3.85. The third-order valence-corrected chi connectivity index (χ3v) is 4.90. The van der Waals surface area contributed by atoms with Gasteiger partial charge in [0.1, 0.15) is 11.2 Å². The molecule has 1 N–H and O–H groups in total. The van der Waals surface area contributed by atoms with Crippen molar-refractivity contribution in [1.29, 1.82) is 0 Å². The van der Waals surface area contributed by atoms with E-state index in [1.165, 1.54) is 11.1 Å². The van der Waals surface area contributed by atoms with E-state index in [2.05, 4.69) is 4.98 Å². The maximum Gasteiger partial charge on any atom is 0.326 e. The van der Waals surface area contributed by atoms with Crippen LogP contribution in [0.25, 0.3) is 0 Å². The summed E-state index contributed by atoms with van der Waals surface area (Å²) in [6.45, 7) is 0. The second kappa shape index (κ2) is 5.64. The Balaban J connectivity index is 1.95. The molecule has 1 saturated heterocycles. The van der Waals surface area contributed by atoms with Crippen LogP contribution in [0.2, 0.25) is 5.15 Å². The molecule has 1 amide bonds. The number of carboxylic acid groups (broad SMARTS) is 1. The second-order valence-corrected chi connectivity index (χ2v) is 6.11. The minimum atomic E-state index is -0.933. The number of rotatable bonds is 2. The van der Waals surface area contributed by atoms with Gasteiger partial charge in [0.2, 0.25) is 0 Å². The fourth-order valence-corrected chi connectivity index (χ4v) is 3.86. The van der Waals surface area contributed by atoms with Gasteiger partial charge in [-0.3, -0.25) is 4.79 Å². The molecule has 6 heteroatoms. The van der Waals surface area contributed by atoms with E-state index < -0.39 is 12.0 Å². The summed E-state index contributed by atoms with van der Waals surface area (Å²) in [5.41, 5.74) is 0.289. The lowest BCUT2D eigenvalue weighted by atomic mass is 9.84. The predicted octanol–water partition coefficient (Wildman–Crippen LogP) is 2.59. The van der Waals surface area contributed by atoms with Gasteiger partial charge < -0.3 is 10.0 Å².